The van der Waals surface area contributed by atoms with Gasteiger partial charge in [0, 0.05) is 6.04 Å². The lowest BCUT2D eigenvalue weighted by atomic mass is 10.2. The van der Waals surface area contributed by atoms with E-state index in [1.165, 1.54) is 0 Å². The number of aliphatic hydroxyl groups excluding tert-OH is 1. The van der Waals surface area contributed by atoms with Gasteiger partial charge in [-0.15, -0.1) is 0 Å². The molecule has 0 radical (unpaired) electrons. The van der Waals surface area contributed by atoms with E-state index in [2.05, 4.69) is 4.72 Å². The summed E-state index contributed by atoms with van der Waals surface area (Å²) in [6, 6.07) is 6.35. The minimum atomic E-state index is -3.50. The van der Waals surface area contributed by atoms with Gasteiger partial charge in [0.2, 0.25) is 10.0 Å². The van der Waals surface area contributed by atoms with Crippen molar-refractivity contribution >= 4 is 10.0 Å². The monoisotopic (exact) mass is 255 g/mol. The van der Waals surface area contributed by atoms with Crippen molar-refractivity contribution in [2.24, 2.45) is 0 Å². The van der Waals surface area contributed by atoms with Crippen molar-refractivity contribution in [3.05, 3.63) is 29.8 Å². The molecule has 1 aromatic rings. The Morgan fingerprint density at radius 3 is 2.41 bits per heavy atom. The summed E-state index contributed by atoms with van der Waals surface area (Å²) in [5, 5.41) is 9.62. The summed E-state index contributed by atoms with van der Waals surface area (Å²) in [6.07, 6.45) is 1.67. The molecule has 0 aliphatic heterocycles. The van der Waals surface area contributed by atoms with Gasteiger partial charge < -0.3 is 5.11 Å². The zero-order chi connectivity index (χ0) is 12.5. The van der Waals surface area contributed by atoms with Crippen LogP contribution in [0, 0.1) is 6.92 Å². The molecule has 94 valence electrons. The van der Waals surface area contributed by atoms with Crippen molar-refractivity contribution in [3.8, 4) is 0 Å². The van der Waals surface area contributed by atoms with E-state index < -0.39 is 16.1 Å². The van der Waals surface area contributed by atoms with Gasteiger partial charge in [0.1, 0.15) is 0 Å². The number of benzene rings is 1. The fraction of sp³-hybridized carbons (Fsp3) is 0.500. The predicted molar refractivity (Wildman–Crippen MR) is 65.1 cm³/mol. The van der Waals surface area contributed by atoms with Gasteiger partial charge in [0.25, 0.3) is 0 Å². The summed E-state index contributed by atoms with van der Waals surface area (Å²) < 4.78 is 26.6. The number of nitrogens with one attached hydrogen (secondary N) is 1. The third-order valence-corrected chi connectivity index (χ3v) is 4.62. The van der Waals surface area contributed by atoms with Gasteiger partial charge in [-0.05, 0) is 38.3 Å². The van der Waals surface area contributed by atoms with Crippen LogP contribution in [0.15, 0.2) is 29.2 Å². The molecule has 2 atom stereocenters. The number of aliphatic hydroxyl groups is 1. The highest BCUT2D eigenvalue weighted by Crippen LogP contribution is 2.21. The topological polar surface area (TPSA) is 66.4 Å². The molecule has 0 spiro atoms. The van der Waals surface area contributed by atoms with E-state index in [-0.39, 0.29) is 10.9 Å². The Hall–Kier alpha value is -0.910. The zero-order valence-electron chi connectivity index (χ0n) is 9.76. The average molecular weight is 255 g/mol. The lowest BCUT2D eigenvalue weighted by Gasteiger charge is -2.16. The van der Waals surface area contributed by atoms with Gasteiger partial charge >= 0.3 is 0 Å². The highest BCUT2D eigenvalue weighted by Gasteiger charge is 2.29. The number of sulfonamides is 1. The summed E-state index contributed by atoms with van der Waals surface area (Å²) in [5.41, 5.74) is 1.02. The minimum Gasteiger partial charge on any atom is -0.391 e. The smallest absolute Gasteiger partial charge is 0.240 e. The second-order valence-corrected chi connectivity index (χ2v) is 6.25. The van der Waals surface area contributed by atoms with E-state index in [1.54, 1.807) is 24.3 Å². The molecule has 17 heavy (non-hydrogen) atoms. The molecule has 1 saturated carbocycles. The molecular weight excluding hydrogens is 238 g/mol. The number of hydrogen-bond acceptors (Lipinski definition) is 3. The molecule has 0 bridgehead atoms. The first-order valence-corrected chi connectivity index (χ1v) is 7.24. The minimum absolute atomic E-state index is 0.252. The third-order valence-electron chi connectivity index (χ3n) is 3.12. The van der Waals surface area contributed by atoms with E-state index >= 15 is 0 Å². The fourth-order valence-corrected chi connectivity index (χ4v) is 3.37. The third kappa shape index (κ3) is 2.86. The molecule has 0 heterocycles. The van der Waals surface area contributed by atoms with Crippen LogP contribution in [0.3, 0.4) is 0 Å². The van der Waals surface area contributed by atoms with Gasteiger partial charge in [-0.25, -0.2) is 13.1 Å². The Morgan fingerprint density at radius 1 is 1.24 bits per heavy atom. The van der Waals surface area contributed by atoms with Crippen LogP contribution in [0.5, 0.6) is 0 Å². The Labute approximate surface area is 102 Å². The van der Waals surface area contributed by atoms with Crippen molar-refractivity contribution in [3.63, 3.8) is 0 Å². The van der Waals surface area contributed by atoms with Gasteiger partial charge in [-0.2, -0.15) is 0 Å². The maximum atomic E-state index is 12.0. The van der Waals surface area contributed by atoms with E-state index in [0.717, 1.165) is 12.0 Å². The summed E-state index contributed by atoms with van der Waals surface area (Å²) >= 11 is 0. The maximum absolute atomic E-state index is 12.0. The van der Waals surface area contributed by atoms with Crippen LogP contribution in [0.2, 0.25) is 0 Å². The van der Waals surface area contributed by atoms with Crippen molar-refractivity contribution in [1.82, 2.24) is 4.72 Å². The second-order valence-electron chi connectivity index (χ2n) is 4.54. The van der Waals surface area contributed by atoms with Gasteiger partial charge in [0.15, 0.2) is 0 Å². The average Bonchev–Trinajstić information content (AvgIpc) is 2.64. The van der Waals surface area contributed by atoms with Crippen molar-refractivity contribution < 1.29 is 13.5 Å². The van der Waals surface area contributed by atoms with Crippen molar-refractivity contribution in [2.45, 2.75) is 43.2 Å². The molecule has 0 aromatic heterocycles. The SMILES string of the molecule is Cc1ccc(S(=O)(=O)N[C@@H]2CCC[C@@H]2O)cc1. The molecule has 2 N–H and O–H groups in total. The first-order valence-electron chi connectivity index (χ1n) is 5.76. The van der Waals surface area contributed by atoms with Crippen LogP contribution < -0.4 is 4.72 Å². The zero-order valence-corrected chi connectivity index (χ0v) is 10.6. The van der Waals surface area contributed by atoms with Crippen LogP contribution in [0.25, 0.3) is 0 Å². The first-order chi connectivity index (χ1) is 7.99. The number of hydrogen-bond donors (Lipinski definition) is 2. The summed E-state index contributed by atoms with van der Waals surface area (Å²) in [5.74, 6) is 0. The van der Waals surface area contributed by atoms with Crippen molar-refractivity contribution in [2.75, 3.05) is 0 Å². The molecule has 1 aliphatic carbocycles. The van der Waals surface area contributed by atoms with Crippen LogP contribution in [-0.4, -0.2) is 25.7 Å². The van der Waals surface area contributed by atoms with Crippen LogP contribution >= 0.6 is 0 Å². The normalized spacial score (nSPS) is 25.1. The Balaban J connectivity index is 2.16. The molecule has 1 aromatic carbocycles. The molecule has 5 heteroatoms. The second kappa shape index (κ2) is 4.76. The molecule has 1 fully saturated rings. The number of aryl methyl sites for hydroxylation is 1. The fourth-order valence-electron chi connectivity index (χ4n) is 2.06. The lowest BCUT2D eigenvalue weighted by Crippen LogP contribution is -2.39. The summed E-state index contributed by atoms with van der Waals surface area (Å²) in [4.78, 5) is 0.252. The Bertz CT molecular complexity index is 481. The van der Waals surface area contributed by atoms with Crippen LogP contribution in [-0.2, 0) is 10.0 Å². The molecule has 4 nitrogen and oxygen atoms in total. The molecule has 0 amide bonds. The van der Waals surface area contributed by atoms with Crippen LogP contribution in [0.4, 0.5) is 0 Å². The first kappa shape index (κ1) is 12.5. The molecule has 0 saturated heterocycles. The Kier molecular flexibility index (Phi) is 3.51. The van der Waals surface area contributed by atoms with Gasteiger partial charge in [0.05, 0.1) is 11.0 Å². The van der Waals surface area contributed by atoms with E-state index in [4.69, 9.17) is 0 Å². The summed E-state index contributed by atoms with van der Waals surface area (Å²) in [7, 11) is -3.50. The highest BCUT2D eigenvalue weighted by molar-refractivity contribution is 7.89. The Morgan fingerprint density at radius 2 is 1.88 bits per heavy atom. The molecule has 2 rings (SSSR count). The van der Waals surface area contributed by atoms with Crippen LogP contribution in [0.1, 0.15) is 24.8 Å². The lowest BCUT2D eigenvalue weighted by molar-refractivity contribution is 0.159. The predicted octanol–water partition coefficient (Wildman–Crippen LogP) is 1.19. The quantitative estimate of drug-likeness (QED) is 0.852. The van der Waals surface area contributed by atoms with Gasteiger partial charge in [-0.3, -0.25) is 0 Å². The molecular formula is C12H17NO3S. The van der Waals surface area contributed by atoms with Crippen molar-refractivity contribution in [1.29, 1.82) is 0 Å². The standard InChI is InChI=1S/C12H17NO3S/c1-9-5-7-10(8-6-9)17(15,16)13-11-3-2-4-12(11)14/h5-8,11-14H,2-4H2,1H3/t11-,12+/m1/s1. The van der Waals surface area contributed by atoms with E-state index in [9.17, 15) is 13.5 Å². The molecule has 1 aliphatic rings. The maximum Gasteiger partial charge on any atom is 0.240 e. The number of rotatable bonds is 3. The summed E-state index contributed by atoms with van der Waals surface area (Å²) in [6.45, 7) is 1.91. The molecule has 0 unspecified atom stereocenters. The van der Waals surface area contributed by atoms with E-state index in [0.29, 0.717) is 12.8 Å². The van der Waals surface area contributed by atoms with Gasteiger partial charge in [-0.1, -0.05) is 17.7 Å². The highest BCUT2D eigenvalue weighted by atomic mass is 32.2. The largest absolute Gasteiger partial charge is 0.391 e. The van der Waals surface area contributed by atoms with E-state index in [1.807, 2.05) is 6.92 Å².